The van der Waals surface area contributed by atoms with Crippen LogP contribution in [-0.2, 0) is 0 Å². The maximum Gasteiger partial charge on any atom is 0.257 e. The van der Waals surface area contributed by atoms with Crippen LogP contribution in [0.1, 0.15) is 42.2 Å². The first-order valence-electron chi connectivity index (χ1n) is 12.6. The number of likely N-dealkylation sites (tertiary alicyclic amines) is 1. The molecule has 12 nitrogen and oxygen atoms in total. The van der Waals surface area contributed by atoms with Gasteiger partial charge in [0.1, 0.15) is 22.5 Å². The molecule has 5 N–H and O–H groups in total. The molecule has 0 bridgehead atoms. The number of H-pyrrole nitrogens is 1. The van der Waals surface area contributed by atoms with Crippen molar-refractivity contribution in [3.05, 3.63) is 34.7 Å². The van der Waals surface area contributed by atoms with Crippen molar-refractivity contribution in [1.29, 1.82) is 0 Å². The summed E-state index contributed by atoms with van der Waals surface area (Å²) in [6.45, 7) is 8.26. The number of anilines is 3. The van der Waals surface area contributed by atoms with Gasteiger partial charge in [0.25, 0.3) is 5.91 Å². The Labute approximate surface area is 220 Å². The quantitative estimate of drug-likeness (QED) is 0.420. The van der Waals surface area contributed by atoms with Gasteiger partial charge in [-0.1, -0.05) is 18.5 Å². The van der Waals surface area contributed by atoms with Gasteiger partial charge < -0.3 is 21.3 Å². The number of aromatic amines is 1. The molecule has 0 spiro atoms. The summed E-state index contributed by atoms with van der Waals surface area (Å²) in [7, 11) is 0. The SMILES string of the molecule is CC[C@H]1CN(c2ncc(-c3n[nH]c(N)n3)nc2C)CCN1C1CCN(C(=O)c2ccc(Cl)nc2N)CC1. The number of nitrogens with two attached hydrogens (primary N) is 2. The number of aryl methyl sites for hydroxylation is 1. The van der Waals surface area contributed by atoms with Crippen molar-refractivity contribution in [3.63, 3.8) is 0 Å². The third-order valence-electron chi connectivity index (χ3n) is 7.29. The number of hydrogen-bond donors (Lipinski definition) is 3. The van der Waals surface area contributed by atoms with Gasteiger partial charge in [0.15, 0.2) is 0 Å². The molecule has 2 saturated heterocycles. The normalized spacial score (nSPS) is 19.4. The maximum absolute atomic E-state index is 13.0. The minimum atomic E-state index is -0.0813. The van der Waals surface area contributed by atoms with E-state index in [1.54, 1.807) is 18.3 Å². The lowest BCUT2D eigenvalue weighted by Gasteiger charge is -2.47. The molecule has 5 heterocycles. The van der Waals surface area contributed by atoms with Crippen molar-refractivity contribution in [2.45, 2.75) is 45.2 Å². The average Bonchev–Trinajstić information content (AvgIpc) is 3.34. The first kappa shape index (κ1) is 25.2. The van der Waals surface area contributed by atoms with E-state index in [1.807, 2.05) is 11.8 Å². The molecule has 0 saturated carbocycles. The highest BCUT2D eigenvalue weighted by Crippen LogP contribution is 2.28. The van der Waals surface area contributed by atoms with Gasteiger partial charge in [0.05, 0.1) is 17.5 Å². The number of aromatic nitrogens is 6. The van der Waals surface area contributed by atoms with Crippen LogP contribution in [0, 0.1) is 6.92 Å². The molecule has 1 atom stereocenters. The zero-order valence-electron chi connectivity index (χ0n) is 21.1. The summed E-state index contributed by atoms with van der Waals surface area (Å²) in [6, 6.07) is 4.09. The monoisotopic (exact) mass is 525 g/mol. The molecule has 3 aromatic rings. The van der Waals surface area contributed by atoms with Gasteiger partial charge in [-0.05, 0) is 38.3 Å². The molecule has 0 aromatic carbocycles. The standard InChI is InChI=1S/C24H32ClN11O/c1-3-15-13-35(22-14(2)29-18(12-28-22)21-31-24(27)33-32-21)10-11-36(15)16-6-8-34(9-7-16)23(37)17-4-5-19(25)30-20(17)26/h4-5,12,15-16H,3,6-11,13H2,1-2H3,(H2,26,30)(H3,27,31,32,33)/t15-/m0/s1. The number of hydrogen-bond acceptors (Lipinski definition) is 10. The fraction of sp³-hybridized carbons (Fsp3) is 0.500. The van der Waals surface area contributed by atoms with Crippen LogP contribution in [0.2, 0.25) is 5.15 Å². The number of pyridine rings is 1. The van der Waals surface area contributed by atoms with Crippen molar-refractivity contribution in [1.82, 2.24) is 39.9 Å². The minimum absolute atomic E-state index is 0.0813. The number of carbonyl (C=O) groups excluding carboxylic acids is 1. The smallest absolute Gasteiger partial charge is 0.257 e. The Morgan fingerprint density at radius 1 is 1.14 bits per heavy atom. The highest BCUT2D eigenvalue weighted by atomic mass is 35.5. The minimum Gasteiger partial charge on any atom is -0.383 e. The van der Waals surface area contributed by atoms with Gasteiger partial charge in [0.2, 0.25) is 11.8 Å². The maximum atomic E-state index is 13.0. The van der Waals surface area contributed by atoms with Crippen LogP contribution in [-0.4, -0.2) is 90.6 Å². The van der Waals surface area contributed by atoms with Gasteiger partial charge in [-0.2, -0.15) is 10.1 Å². The molecule has 0 radical (unpaired) electrons. The molecular formula is C24H32ClN11O. The fourth-order valence-electron chi connectivity index (χ4n) is 5.39. The van der Waals surface area contributed by atoms with Crippen LogP contribution in [0.25, 0.3) is 11.5 Å². The molecule has 13 heteroatoms. The summed E-state index contributed by atoms with van der Waals surface area (Å²) in [5, 5.41) is 6.99. The van der Waals surface area contributed by atoms with E-state index in [0.29, 0.717) is 42.3 Å². The summed E-state index contributed by atoms with van der Waals surface area (Å²) >= 11 is 5.89. The summed E-state index contributed by atoms with van der Waals surface area (Å²) in [5.41, 5.74) is 13.4. The lowest BCUT2D eigenvalue weighted by molar-refractivity contribution is 0.0491. The Bertz CT molecular complexity index is 1270. The number of nitrogen functional groups attached to an aromatic ring is 2. The van der Waals surface area contributed by atoms with E-state index in [0.717, 1.165) is 50.4 Å². The number of carbonyl (C=O) groups is 1. The number of piperazine rings is 1. The van der Waals surface area contributed by atoms with Crippen LogP contribution in [0.4, 0.5) is 17.6 Å². The van der Waals surface area contributed by atoms with E-state index in [1.165, 1.54) is 0 Å². The van der Waals surface area contributed by atoms with Crippen LogP contribution < -0.4 is 16.4 Å². The third-order valence-corrected chi connectivity index (χ3v) is 7.50. The van der Waals surface area contributed by atoms with Gasteiger partial charge in [-0.25, -0.2) is 20.1 Å². The highest BCUT2D eigenvalue weighted by Gasteiger charge is 2.35. The molecule has 37 heavy (non-hydrogen) atoms. The molecule has 196 valence electrons. The second kappa shape index (κ2) is 10.5. The Balaban J connectivity index is 1.21. The predicted molar refractivity (Wildman–Crippen MR) is 142 cm³/mol. The molecule has 2 aliphatic heterocycles. The molecule has 0 unspecified atom stereocenters. The largest absolute Gasteiger partial charge is 0.383 e. The second-order valence-corrected chi connectivity index (χ2v) is 9.93. The number of halogens is 1. The predicted octanol–water partition coefficient (Wildman–Crippen LogP) is 1.99. The van der Waals surface area contributed by atoms with Crippen LogP contribution >= 0.6 is 11.6 Å². The highest BCUT2D eigenvalue weighted by molar-refractivity contribution is 6.29. The van der Waals surface area contributed by atoms with E-state index in [4.69, 9.17) is 28.1 Å². The molecule has 1 amide bonds. The van der Waals surface area contributed by atoms with Gasteiger partial charge in [-0.15, -0.1) is 0 Å². The van der Waals surface area contributed by atoms with Crippen molar-refractivity contribution >= 4 is 35.1 Å². The molecule has 3 aromatic heterocycles. The first-order chi connectivity index (χ1) is 17.8. The Morgan fingerprint density at radius 2 is 1.92 bits per heavy atom. The summed E-state index contributed by atoms with van der Waals surface area (Å²) in [6.07, 6.45) is 4.59. The van der Waals surface area contributed by atoms with Crippen molar-refractivity contribution in [3.8, 4) is 11.5 Å². The molecular weight excluding hydrogens is 494 g/mol. The van der Waals surface area contributed by atoms with Crippen molar-refractivity contribution in [2.24, 2.45) is 0 Å². The lowest BCUT2D eigenvalue weighted by Crippen LogP contribution is -2.59. The summed E-state index contributed by atoms with van der Waals surface area (Å²) in [5.74, 6) is 1.68. The second-order valence-electron chi connectivity index (χ2n) is 9.54. The Morgan fingerprint density at radius 3 is 2.57 bits per heavy atom. The number of piperidine rings is 1. The van der Waals surface area contributed by atoms with Crippen molar-refractivity contribution < 1.29 is 4.79 Å². The Kier molecular flexibility index (Phi) is 7.11. The zero-order chi connectivity index (χ0) is 26.1. The van der Waals surface area contributed by atoms with E-state index in [2.05, 4.69) is 41.9 Å². The Hall–Kier alpha value is -3.51. The number of amides is 1. The molecule has 2 aliphatic rings. The topological polar surface area (TPSA) is 159 Å². The molecule has 0 aliphatic carbocycles. The van der Waals surface area contributed by atoms with Crippen LogP contribution in [0.3, 0.4) is 0 Å². The van der Waals surface area contributed by atoms with E-state index in [-0.39, 0.29) is 22.8 Å². The summed E-state index contributed by atoms with van der Waals surface area (Å²) < 4.78 is 0. The summed E-state index contributed by atoms with van der Waals surface area (Å²) in [4.78, 5) is 37.3. The van der Waals surface area contributed by atoms with Gasteiger partial charge in [-0.3, -0.25) is 9.69 Å². The zero-order valence-corrected chi connectivity index (χ0v) is 21.8. The number of rotatable bonds is 5. The van der Waals surface area contributed by atoms with Gasteiger partial charge in [0, 0.05) is 44.8 Å². The van der Waals surface area contributed by atoms with Gasteiger partial charge >= 0.3 is 0 Å². The first-order valence-corrected chi connectivity index (χ1v) is 13.0. The molecule has 5 rings (SSSR count). The van der Waals surface area contributed by atoms with Crippen LogP contribution in [0.15, 0.2) is 18.3 Å². The van der Waals surface area contributed by atoms with Crippen LogP contribution in [0.5, 0.6) is 0 Å². The number of nitrogens with one attached hydrogen (secondary N) is 1. The molecule has 2 fully saturated rings. The van der Waals surface area contributed by atoms with E-state index < -0.39 is 0 Å². The third kappa shape index (κ3) is 5.16. The van der Waals surface area contributed by atoms with Crippen molar-refractivity contribution in [2.75, 3.05) is 49.1 Å². The average molecular weight is 526 g/mol. The van der Waals surface area contributed by atoms with E-state index in [9.17, 15) is 4.79 Å². The fourth-order valence-corrected chi connectivity index (χ4v) is 5.54. The lowest BCUT2D eigenvalue weighted by atomic mass is 9.97. The van der Waals surface area contributed by atoms with E-state index >= 15 is 0 Å². The number of nitrogens with zero attached hydrogens (tertiary/aromatic N) is 8.